The molecule has 1 rings (SSSR count). The third-order valence-corrected chi connectivity index (χ3v) is 3.45. The molecule has 1 aromatic rings. The number of carbonyl (C=O) groups is 1. The van der Waals surface area contributed by atoms with Crippen molar-refractivity contribution in [2.75, 3.05) is 26.7 Å². The molecule has 0 aliphatic heterocycles. The molecule has 0 fully saturated rings. The summed E-state index contributed by atoms with van der Waals surface area (Å²) < 4.78 is 5.25. The maximum Gasteiger partial charge on any atom is 0.339 e. The molecule has 0 spiro atoms. The van der Waals surface area contributed by atoms with Crippen molar-refractivity contribution in [1.29, 1.82) is 0 Å². The number of hydrogen-bond donors (Lipinski definition) is 0. The van der Waals surface area contributed by atoms with Crippen LogP contribution >= 0.6 is 11.3 Å². The van der Waals surface area contributed by atoms with Crippen LogP contribution in [-0.4, -0.2) is 37.6 Å². The Morgan fingerprint density at radius 2 is 2.17 bits per heavy atom. The van der Waals surface area contributed by atoms with E-state index in [1.807, 2.05) is 24.7 Å². The Kier molecular flexibility index (Phi) is 6.09. The van der Waals surface area contributed by atoms with Crippen LogP contribution in [0.25, 0.3) is 0 Å². The average Bonchev–Trinajstić information content (AvgIpc) is 2.72. The van der Waals surface area contributed by atoms with Gasteiger partial charge < -0.3 is 4.74 Å². The lowest BCUT2D eigenvalue weighted by molar-refractivity contribution is 0.0477. The number of esters is 1. The van der Waals surface area contributed by atoms with Crippen LogP contribution in [0.4, 0.5) is 0 Å². The molecule has 0 saturated carbocycles. The van der Waals surface area contributed by atoms with Gasteiger partial charge in [-0.25, -0.2) is 4.79 Å². The van der Waals surface area contributed by atoms with Crippen molar-refractivity contribution in [3.05, 3.63) is 33.5 Å². The Morgan fingerprint density at radius 1 is 1.44 bits per heavy atom. The first-order valence-corrected chi connectivity index (χ1v) is 6.97. The summed E-state index contributed by atoms with van der Waals surface area (Å²) in [7, 11) is 2.02. The lowest BCUT2D eigenvalue weighted by Gasteiger charge is -2.14. The van der Waals surface area contributed by atoms with Gasteiger partial charge in [-0.2, -0.15) is 11.3 Å². The smallest absolute Gasteiger partial charge is 0.339 e. The summed E-state index contributed by atoms with van der Waals surface area (Å²) in [5, 5.41) is 3.79. The summed E-state index contributed by atoms with van der Waals surface area (Å²) >= 11 is 1.53. The van der Waals surface area contributed by atoms with Gasteiger partial charge in [0.1, 0.15) is 6.61 Å². The number of likely N-dealkylation sites (N-methyl/N-ethyl adjacent to an activating group) is 1. The highest BCUT2D eigenvalue weighted by molar-refractivity contribution is 7.08. The topological polar surface area (TPSA) is 29.5 Å². The van der Waals surface area contributed by atoms with E-state index in [9.17, 15) is 4.79 Å². The van der Waals surface area contributed by atoms with E-state index in [0.29, 0.717) is 12.2 Å². The van der Waals surface area contributed by atoms with E-state index >= 15 is 0 Å². The summed E-state index contributed by atoms with van der Waals surface area (Å²) in [6, 6.07) is 0. The molecule has 18 heavy (non-hydrogen) atoms. The van der Waals surface area contributed by atoms with Gasteiger partial charge >= 0.3 is 5.97 Å². The second-order valence-corrected chi connectivity index (χ2v) is 5.39. The Hall–Kier alpha value is -1.13. The van der Waals surface area contributed by atoms with Crippen LogP contribution in [0.5, 0.6) is 0 Å². The SMILES string of the molecule is CC(C)=CCN(C)CCOC(=O)c1cscc1C. The lowest BCUT2D eigenvalue weighted by atomic mass is 10.2. The number of thiophene rings is 1. The van der Waals surface area contributed by atoms with Crippen molar-refractivity contribution < 1.29 is 9.53 Å². The molecule has 0 radical (unpaired) electrons. The van der Waals surface area contributed by atoms with Gasteiger partial charge in [-0.05, 0) is 38.8 Å². The van der Waals surface area contributed by atoms with Crippen LogP contribution in [0.15, 0.2) is 22.4 Å². The minimum absolute atomic E-state index is 0.218. The van der Waals surface area contributed by atoms with E-state index in [2.05, 4.69) is 24.8 Å². The minimum atomic E-state index is -0.218. The van der Waals surface area contributed by atoms with Crippen LogP contribution in [0.2, 0.25) is 0 Å². The van der Waals surface area contributed by atoms with Crippen LogP contribution in [0, 0.1) is 6.92 Å². The quantitative estimate of drug-likeness (QED) is 0.586. The monoisotopic (exact) mass is 267 g/mol. The zero-order valence-electron chi connectivity index (χ0n) is 11.5. The fourth-order valence-electron chi connectivity index (χ4n) is 1.37. The predicted molar refractivity (Wildman–Crippen MR) is 76.3 cm³/mol. The predicted octanol–water partition coefficient (Wildman–Crippen LogP) is 3.11. The molecule has 1 heterocycles. The second-order valence-electron chi connectivity index (χ2n) is 4.65. The van der Waals surface area contributed by atoms with Gasteiger partial charge in [0.25, 0.3) is 0 Å². The zero-order chi connectivity index (χ0) is 13.5. The Morgan fingerprint density at radius 3 is 2.72 bits per heavy atom. The maximum absolute atomic E-state index is 11.7. The lowest BCUT2D eigenvalue weighted by Crippen LogP contribution is -2.24. The van der Waals surface area contributed by atoms with Crippen LogP contribution in [-0.2, 0) is 4.74 Å². The standard InChI is InChI=1S/C14H21NO2S/c1-11(2)5-6-15(4)7-8-17-14(16)13-10-18-9-12(13)3/h5,9-10H,6-8H2,1-4H3. The van der Waals surface area contributed by atoms with Crippen molar-refractivity contribution >= 4 is 17.3 Å². The van der Waals surface area contributed by atoms with Gasteiger partial charge in [0.2, 0.25) is 0 Å². The normalized spacial score (nSPS) is 10.5. The molecule has 0 bridgehead atoms. The van der Waals surface area contributed by atoms with E-state index in [-0.39, 0.29) is 5.97 Å². The number of rotatable bonds is 6. The van der Waals surface area contributed by atoms with E-state index in [0.717, 1.165) is 18.7 Å². The highest BCUT2D eigenvalue weighted by atomic mass is 32.1. The molecular weight excluding hydrogens is 246 g/mol. The second kappa shape index (κ2) is 7.34. The molecular formula is C14H21NO2S. The van der Waals surface area contributed by atoms with Crippen molar-refractivity contribution in [3.63, 3.8) is 0 Å². The molecule has 0 saturated heterocycles. The largest absolute Gasteiger partial charge is 0.461 e. The van der Waals surface area contributed by atoms with E-state index in [1.165, 1.54) is 16.9 Å². The third-order valence-electron chi connectivity index (χ3n) is 2.59. The van der Waals surface area contributed by atoms with Gasteiger partial charge in [0.05, 0.1) is 5.56 Å². The highest BCUT2D eigenvalue weighted by Gasteiger charge is 2.11. The minimum Gasteiger partial charge on any atom is -0.461 e. The summed E-state index contributed by atoms with van der Waals surface area (Å²) in [5.74, 6) is -0.218. The van der Waals surface area contributed by atoms with Gasteiger partial charge in [-0.15, -0.1) is 0 Å². The molecule has 100 valence electrons. The molecule has 0 N–H and O–H groups in total. The number of carbonyl (C=O) groups excluding carboxylic acids is 1. The fourth-order valence-corrected chi connectivity index (χ4v) is 2.19. The van der Waals surface area contributed by atoms with Crippen LogP contribution in [0.1, 0.15) is 29.8 Å². The van der Waals surface area contributed by atoms with Crippen molar-refractivity contribution in [2.24, 2.45) is 0 Å². The molecule has 0 unspecified atom stereocenters. The zero-order valence-corrected chi connectivity index (χ0v) is 12.3. The number of ether oxygens (including phenoxy) is 1. The Labute approximate surface area is 113 Å². The molecule has 0 aromatic carbocycles. The first-order valence-electron chi connectivity index (χ1n) is 6.02. The summed E-state index contributed by atoms with van der Waals surface area (Å²) in [5.41, 5.74) is 2.97. The summed E-state index contributed by atoms with van der Waals surface area (Å²) in [4.78, 5) is 13.9. The summed E-state index contributed by atoms with van der Waals surface area (Å²) in [6.07, 6.45) is 2.16. The van der Waals surface area contributed by atoms with Crippen molar-refractivity contribution in [2.45, 2.75) is 20.8 Å². The molecule has 1 aromatic heterocycles. The molecule has 4 heteroatoms. The first kappa shape index (κ1) is 14.9. The Balaban J connectivity index is 2.28. The molecule has 0 aliphatic carbocycles. The molecule has 3 nitrogen and oxygen atoms in total. The van der Waals surface area contributed by atoms with Crippen LogP contribution < -0.4 is 0 Å². The Bertz CT molecular complexity index is 419. The van der Waals surface area contributed by atoms with E-state index < -0.39 is 0 Å². The number of allylic oxidation sites excluding steroid dienone is 1. The fraction of sp³-hybridized carbons (Fsp3) is 0.500. The van der Waals surface area contributed by atoms with Gasteiger partial charge in [-0.1, -0.05) is 11.6 Å². The van der Waals surface area contributed by atoms with E-state index in [1.54, 1.807) is 0 Å². The average molecular weight is 267 g/mol. The summed E-state index contributed by atoms with van der Waals surface area (Å²) in [6.45, 7) is 8.14. The van der Waals surface area contributed by atoms with Gasteiger partial charge in [0, 0.05) is 18.5 Å². The third kappa shape index (κ3) is 5.02. The maximum atomic E-state index is 11.7. The van der Waals surface area contributed by atoms with Crippen molar-refractivity contribution in [1.82, 2.24) is 4.90 Å². The van der Waals surface area contributed by atoms with Crippen molar-refractivity contribution in [3.8, 4) is 0 Å². The van der Waals surface area contributed by atoms with Gasteiger partial charge in [-0.3, -0.25) is 4.90 Å². The molecule has 0 amide bonds. The molecule has 0 aliphatic rings. The molecule has 0 atom stereocenters. The highest BCUT2D eigenvalue weighted by Crippen LogP contribution is 2.14. The number of hydrogen-bond acceptors (Lipinski definition) is 4. The first-order chi connectivity index (χ1) is 8.50. The number of aryl methyl sites for hydroxylation is 1. The van der Waals surface area contributed by atoms with E-state index in [4.69, 9.17) is 4.74 Å². The number of nitrogens with zero attached hydrogens (tertiary/aromatic N) is 1. The van der Waals surface area contributed by atoms with Crippen LogP contribution in [0.3, 0.4) is 0 Å². The van der Waals surface area contributed by atoms with Gasteiger partial charge in [0.15, 0.2) is 0 Å².